The minimum Gasteiger partial charge on any atom is -0.507 e. The number of aliphatic hydroxyl groups is 1. The highest BCUT2D eigenvalue weighted by Gasteiger charge is 2.48. The molecule has 4 aromatic rings. The van der Waals surface area contributed by atoms with Gasteiger partial charge in [0.05, 0.1) is 27.9 Å². The Morgan fingerprint density at radius 3 is 2.53 bits per heavy atom. The van der Waals surface area contributed by atoms with Crippen LogP contribution in [0.25, 0.3) is 16.0 Å². The number of aryl methyl sites for hydroxylation is 1. The topological polar surface area (TPSA) is 79.7 Å². The lowest BCUT2D eigenvalue weighted by atomic mass is 9.94. The smallest absolute Gasteiger partial charge is 0.301 e. The summed E-state index contributed by atoms with van der Waals surface area (Å²) in [4.78, 5) is 32.8. The Labute approximate surface area is 217 Å². The quantitative estimate of drug-likeness (QED) is 0.181. The van der Waals surface area contributed by atoms with Crippen LogP contribution in [0.3, 0.4) is 0 Å². The molecule has 1 atom stereocenters. The molecule has 1 fully saturated rings. The summed E-state index contributed by atoms with van der Waals surface area (Å²) in [5.41, 5.74) is 2.76. The van der Waals surface area contributed by atoms with E-state index in [2.05, 4.69) is 4.98 Å². The molecule has 1 aliphatic heterocycles. The number of thiazole rings is 1. The van der Waals surface area contributed by atoms with E-state index in [1.54, 1.807) is 42.5 Å². The maximum absolute atomic E-state index is 13.4. The van der Waals surface area contributed by atoms with Gasteiger partial charge in [-0.25, -0.2) is 4.98 Å². The Hall–Kier alpha value is -3.68. The lowest BCUT2D eigenvalue weighted by Crippen LogP contribution is -2.29. The van der Waals surface area contributed by atoms with Crippen LogP contribution < -0.4 is 9.64 Å². The summed E-state index contributed by atoms with van der Waals surface area (Å²) in [5.74, 6) is -1.11. The van der Waals surface area contributed by atoms with Gasteiger partial charge in [0.25, 0.3) is 5.78 Å². The first-order valence-electron chi connectivity index (χ1n) is 11.4. The Morgan fingerprint density at radius 2 is 1.83 bits per heavy atom. The zero-order valence-corrected chi connectivity index (χ0v) is 21.4. The number of carbonyl (C=O) groups excluding carboxylic acids is 2. The van der Waals surface area contributed by atoms with E-state index in [-0.39, 0.29) is 17.4 Å². The largest absolute Gasteiger partial charge is 0.507 e. The lowest BCUT2D eigenvalue weighted by molar-refractivity contribution is -0.132. The number of aliphatic hydroxyl groups excluding tert-OH is 1. The number of nitrogens with zero attached hydrogens (tertiary/aromatic N) is 2. The minimum absolute atomic E-state index is 0.000202. The molecule has 6 nitrogen and oxygen atoms in total. The molecule has 3 aromatic carbocycles. The van der Waals surface area contributed by atoms with E-state index in [1.165, 1.54) is 16.2 Å². The van der Waals surface area contributed by atoms with E-state index in [4.69, 9.17) is 16.3 Å². The number of ketones is 1. The van der Waals surface area contributed by atoms with Crippen molar-refractivity contribution in [3.8, 4) is 5.75 Å². The fourth-order valence-electron chi connectivity index (χ4n) is 4.29. The molecule has 1 aliphatic rings. The Kier molecular flexibility index (Phi) is 6.28. The van der Waals surface area contributed by atoms with E-state index in [9.17, 15) is 14.7 Å². The summed E-state index contributed by atoms with van der Waals surface area (Å²) in [7, 11) is 0. The van der Waals surface area contributed by atoms with Gasteiger partial charge in [0.2, 0.25) is 0 Å². The molecule has 1 aromatic heterocycles. The molecular weight excluding hydrogens is 496 g/mol. The zero-order valence-electron chi connectivity index (χ0n) is 19.9. The van der Waals surface area contributed by atoms with Gasteiger partial charge in [-0.1, -0.05) is 52.8 Å². The van der Waals surface area contributed by atoms with Crippen molar-refractivity contribution in [2.45, 2.75) is 32.9 Å². The number of rotatable bonds is 5. The van der Waals surface area contributed by atoms with Crippen LogP contribution in [0, 0.1) is 6.92 Å². The molecule has 0 saturated carbocycles. The van der Waals surface area contributed by atoms with Crippen LogP contribution in [-0.2, 0) is 9.59 Å². The zero-order chi connectivity index (χ0) is 25.6. The fraction of sp³-hybridized carbons (Fsp3) is 0.179. The standard InChI is InChI=1S/C28H23ClN2O4S/c1-15(2)35-20-10-7-17(8-11-20)25(32)23-24(18-6-4-5-16(3)13-18)31(27(34)26(23)33)28-30-21-12-9-19(29)14-22(21)36-28/h4-15,24,32H,1-3H3/b25-23+. The summed E-state index contributed by atoms with van der Waals surface area (Å²) in [6.07, 6.45) is -0.000202. The number of benzene rings is 3. The molecule has 0 spiro atoms. The molecule has 1 amide bonds. The normalized spacial score (nSPS) is 17.4. The summed E-state index contributed by atoms with van der Waals surface area (Å²) in [5, 5.41) is 12.2. The number of aromatic nitrogens is 1. The Balaban J connectivity index is 1.67. The van der Waals surface area contributed by atoms with Gasteiger partial charge in [-0.15, -0.1) is 0 Å². The maximum atomic E-state index is 13.4. The number of hydrogen-bond acceptors (Lipinski definition) is 6. The second kappa shape index (κ2) is 9.41. The van der Waals surface area contributed by atoms with Crippen molar-refractivity contribution in [1.29, 1.82) is 0 Å². The van der Waals surface area contributed by atoms with Gasteiger partial charge >= 0.3 is 5.91 Å². The van der Waals surface area contributed by atoms with Crippen molar-refractivity contribution in [2.75, 3.05) is 4.90 Å². The van der Waals surface area contributed by atoms with Crippen LogP contribution in [-0.4, -0.2) is 27.9 Å². The van der Waals surface area contributed by atoms with E-state index >= 15 is 0 Å². The molecule has 0 radical (unpaired) electrons. The summed E-state index contributed by atoms with van der Waals surface area (Å²) in [6.45, 7) is 5.78. The van der Waals surface area contributed by atoms with Gasteiger partial charge in [-0.2, -0.15) is 0 Å². The third kappa shape index (κ3) is 4.36. The highest BCUT2D eigenvalue weighted by atomic mass is 35.5. The number of carbonyl (C=O) groups is 2. The van der Waals surface area contributed by atoms with Gasteiger partial charge < -0.3 is 9.84 Å². The number of fused-ring (bicyclic) bond motifs is 1. The van der Waals surface area contributed by atoms with Crippen molar-refractivity contribution in [2.24, 2.45) is 0 Å². The minimum atomic E-state index is -0.840. The lowest BCUT2D eigenvalue weighted by Gasteiger charge is -2.23. The molecule has 36 heavy (non-hydrogen) atoms. The Morgan fingerprint density at radius 1 is 1.08 bits per heavy atom. The van der Waals surface area contributed by atoms with Crippen molar-refractivity contribution in [1.82, 2.24) is 4.98 Å². The predicted octanol–water partition coefficient (Wildman–Crippen LogP) is 6.67. The van der Waals surface area contributed by atoms with Crippen molar-refractivity contribution in [3.63, 3.8) is 0 Å². The molecule has 1 saturated heterocycles. The van der Waals surface area contributed by atoms with Gasteiger partial charge in [0.1, 0.15) is 11.5 Å². The van der Waals surface area contributed by atoms with Crippen molar-refractivity contribution < 1.29 is 19.4 Å². The second-order valence-electron chi connectivity index (χ2n) is 8.88. The van der Waals surface area contributed by atoms with Crippen LogP contribution in [0.5, 0.6) is 5.75 Å². The van der Waals surface area contributed by atoms with Crippen LogP contribution >= 0.6 is 22.9 Å². The number of amides is 1. The monoisotopic (exact) mass is 518 g/mol. The average molecular weight is 519 g/mol. The van der Waals surface area contributed by atoms with Gasteiger partial charge in [0.15, 0.2) is 5.13 Å². The molecule has 8 heteroatoms. The van der Waals surface area contributed by atoms with E-state index in [1.807, 2.05) is 45.0 Å². The molecular formula is C28H23ClN2O4S. The van der Waals surface area contributed by atoms with E-state index in [0.717, 1.165) is 10.3 Å². The Bertz CT molecular complexity index is 1520. The fourth-order valence-corrected chi connectivity index (χ4v) is 5.56. The van der Waals surface area contributed by atoms with Gasteiger partial charge in [0, 0.05) is 10.6 Å². The van der Waals surface area contributed by atoms with E-state index < -0.39 is 17.7 Å². The first kappa shape index (κ1) is 24.0. The van der Waals surface area contributed by atoms with E-state index in [0.29, 0.717) is 32.5 Å². The van der Waals surface area contributed by atoms with Gasteiger partial charge in [-0.05, 0) is 68.8 Å². The van der Waals surface area contributed by atoms with Crippen LogP contribution in [0.2, 0.25) is 5.02 Å². The summed E-state index contributed by atoms with van der Waals surface area (Å²) < 4.78 is 6.48. The SMILES string of the molecule is Cc1cccc(C2/C(=C(\O)c3ccc(OC(C)C)cc3)C(=O)C(=O)N2c2nc3ccc(Cl)cc3s2)c1. The molecule has 0 bridgehead atoms. The molecule has 0 aliphatic carbocycles. The number of halogens is 1. The number of hydrogen-bond donors (Lipinski definition) is 1. The average Bonchev–Trinajstić information content (AvgIpc) is 3.36. The highest BCUT2D eigenvalue weighted by molar-refractivity contribution is 7.22. The highest BCUT2D eigenvalue weighted by Crippen LogP contribution is 2.44. The molecule has 1 N–H and O–H groups in total. The molecule has 1 unspecified atom stereocenters. The summed E-state index contributed by atoms with van der Waals surface area (Å²) >= 11 is 7.42. The number of anilines is 1. The van der Waals surface area contributed by atoms with Gasteiger partial charge in [-0.3, -0.25) is 14.5 Å². The van der Waals surface area contributed by atoms with Crippen molar-refractivity contribution in [3.05, 3.63) is 94.0 Å². The van der Waals surface area contributed by atoms with Crippen LogP contribution in [0.4, 0.5) is 5.13 Å². The first-order chi connectivity index (χ1) is 17.2. The van der Waals surface area contributed by atoms with Crippen LogP contribution in [0.15, 0.2) is 72.3 Å². The first-order valence-corrected chi connectivity index (χ1v) is 12.6. The third-order valence-electron chi connectivity index (χ3n) is 5.85. The second-order valence-corrected chi connectivity index (χ2v) is 10.3. The number of ether oxygens (including phenoxy) is 1. The van der Waals surface area contributed by atoms with Crippen LogP contribution in [0.1, 0.15) is 36.6 Å². The number of Topliss-reactive ketones (excluding diaryl/α,β-unsaturated/α-hetero) is 1. The maximum Gasteiger partial charge on any atom is 0.301 e. The van der Waals surface area contributed by atoms with Crippen molar-refractivity contribution >= 4 is 55.7 Å². The molecule has 2 heterocycles. The summed E-state index contributed by atoms with van der Waals surface area (Å²) in [6, 6.07) is 18.8. The molecule has 5 rings (SSSR count). The molecule has 182 valence electrons. The third-order valence-corrected chi connectivity index (χ3v) is 7.10. The predicted molar refractivity (Wildman–Crippen MR) is 143 cm³/mol.